The highest BCUT2D eigenvalue weighted by molar-refractivity contribution is 5.95. The van der Waals surface area contributed by atoms with Gasteiger partial charge in [-0.2, -0.15) is 5.26 Å². The van der Waals surface area contributed by atoms with Crippen molar-refractivity contribution in [3.05, 3.63) is 95.4 Å². The van der Waals surface area contributed by atoms with Gasteiger partial charge >= 0.3 is 0 Å². The summed E-state index contributed by atoms with van der Waals surface area (Å²) in [6, 6.07) is 24.7. The smallest absolute Gasteiger partial charge is 0.130 e. The van der Waals surface area contributed by atoms with E-state index in [2.05, 4.69) is 10.6 Å². The number of hydrogen-bond donors (Lipinski definition) is 0. The average molecular weight is 426 g/mol. The second kappa shape index (κ2) is 8.86. The Morgan fingerprint density at radius 2 is 1.72 bits per heavy atom. The molecule has 3 aromatic carbocycles. The van der Waals surface area contributed by atoms with Crippen LogP contribution < -0.4 is 4.74 Å². The van der Waals surface area contributed by atoms with E-state index < -0.39 is 0 Å². The average Bonchev–Trinajstić information content (AvgIpc) is 3.19. The molecule has 2 heterocycles. The molecule has 5 heteroatoms. The number of ether oxygens (including phenoxy) is 2. The summed E-state index contributed by atoms with van der Waals surface area (Å²) in [5.41, 5.74) is 4.36. The lowest BCUT2D eigenvalue weighted by Gasteiger charge is -2.24. The Balaban J connectivity index is 1.69. The van der Waals surface area contributed by atoms with Crippen molar-refractivity contribution in [3.8, 4) is 17.5 Å². The maximum Gasteiger partial charge on any atom is 0.130 e. The van der Waals surface area contributed by atoms with Crippen LogP contribution in [0.4, 0.5) is 4.39 Å². The molecule has 4 aromatic rings. The number of benzene rings is 3. The lowest BCUT2D eigenvalue weighted by molar-refractivity contribution is 0.0842. The summed E-state index contributed by atoms with van der Waals surface area (Å²) >= 11 is 0. The van der Waals surface area contributed by atoms with E-state index >= 15 is 0 Å². The lowest BCUT2D eigenvalue weighted by Crippen LogP contribution is -2.17. The molecule has 0 N–H and O–H groups in total. The van der Waals surface area contributed by atoms with Crippen molar-refractivity contribution in [2.24, 2.45) is 0 Å². The summed E-state index contributed by atoms with van der Waals surface area (Å²) in [5, 5.41) is 11.1. The first-order valence-corrected chi connectivity index (χ1v) is 10.8. The number of fused-ring (bicyclic) bond motifs is 1. The van der Waals surface area contributed by atoms with Crippen molar-refractivity contribution in [1.82, 2.24) is 4.57 Å². The van der Waals surface area contributed by atoms with Gasteiger partial charge in [-0.3, -0.25) is 0 Å². The molecule has 1 aliphatic heterocycles. The molecule has 1 saturated heterocycles. The second-order valence-corrected chi connectivity index (χ2v) is 8.00. The van der Waals surface area contributed by atoms with Crippen molar-refractivity contribution in [2.45, 2.75) is 25.4 Å². The van der Waals surface area contributed by atoms with Gasteiger partial charge in [-0.15, -0.1) is 0 Å². The van der Waals surface area contributed by atoms with Crippen LogP contribution >= 0.6 is 0 Å². The lowest BCUT2D eigenvalue weighted by atomic mass is 9.93. The van der Waals surface area contributed by atoms with Crippen LogP contribution in [0.2, 0.25) is 0 Å². The third kappa shape index (κ3) is 3.74. The Bertz CT molecular complexity index is 1270. The number of aromatic nitrogens is 1. The van der Waals surface area contributed by atoms with Crippen LogP contribution in [-0.4, -0.2) is 17.8 Å². The first-order chi connectivity index (χ1) is 15.8. The third-order valence-corrected chi connectivity index (χ3v) is 6.03. The van der Waals surface area contributed by atoms with Crippen LogP contribution in [-0.2, 0) is 11.3 Å². The molecule has 1 aromatic heterocycles. The highest BCUT2D eigenvalue weighted by atomic mass is 19.1. The number of halogens is 1. The van der Waals surface area contributed by atoms with Crippen molar-refractivity contribution < 1.29 is 13.9 Å². The zero-order valence-corrected chi connectivity index (χ0v) is 17.6. The Labute approximate surface area is 186 Å². The highest BCUT2D eigenvalue weighted by Crippen LogP contribution is 2.41. The van der Waals surface area contributed by atoms with E-state index in [-0.39, 0.29) is 11.7 Å². The molecule has 160 valence electrons. The van der Waals surface area contributed by atoms with Crippen LogP contribution in [0, 0.1) is 17.1 Å². The monoisotopic (exact) mass is 426 g/mol. The first kappa shape index (κ1) is 20.3. The molecule has 0 spiro atoms. The third-order valence-electron chi connectivity index (χ3n) is 6.03. The van der Waals surface area contributed by atoms with Gasteiger partial charge in [-0.25, -0.2) is 4.39 Å². The molecule has 0 unspecified atom stereocenters. The quantitative estimate of drug-likeness (QED) is 0.387. The molecular formula is C27H23FN2O2. The van der Waals surface area contributed by atoms with Crippen LogP contribution in [0.5, 0.6) is 5.75 Å². The Morgan fingerprint density at radius 1 is 0.969 bits per heavy atom. The van der Waals surface area contributed by atoms with Crippen LogP contribution in [0.25, 0.3) is 16.6 Å². The summed E-state index contributed by atoms with van der Waals surface area (Å²) in [5.74, 6) is 0.570. The maximum atomic E-state index is 13.7. The van der Waals surface area contributed by atoms with Gasteiger partial charge in [0.05, 0.1) is 16.5 Å². The molecule has 0 saturated carbocycles. The molecule has 0 radical (unpaired) electrons. The summed E-state index contributed by atoms with van der Waals surface area (Å²) in [6.45, 7) is 1.74. The van der Waals surface area contributed by atoms with E-state index in [4.69, 9.17) is 9.47 Å². The molecule has 1 fully saturated rings. The van der Waals surface area contributed by atoms with Crippen LogP contribution in [0.15, 0.2) is 72.8 Å². The van der Waals surface area contributed by atoms with Crippen molar-refractivity contribution >= 4 is 10.9 Å². The van der Waals surface area contributed by atoms with Gasteiger partial charge in [0, 0.05) is 30.5 Å². The van der Waals surface area contributed by atoms with Gasteiger partial charge in [-0.1, -0.05) is 36.4 Å². The van der Waals surface area contributed by atoms with Gasteiger partial charge in [0.1, 0.15) is 24.2 Å². The van der Waals surface area contributed by atoms with E-state index in [0.29, 0.717) is 31.1 Å². The minimum Gasteiger partial charge on any atom is -0.488 e. The normalized spacial score (nSPS) is 14.4. The largest absolute Gasteiger partial charge is 0.488 e. The van der Waals surface area contributed by atoms with E-state index in [1.165, 1.54) is 12.1 Å². The standard InChI is InChI=1S/C27H23FN2O2/c28-21-9-11-22(12-10-21)30-24-7-4-8-25(32-18-19-5-2-1-3-6-19)26(24)23(17-29)27(30)20-13-15-31-16-14-20/h1-12,20H,13-16,18H2. The van der Waals surface area contributed by atoms with E-state index in [9.17, 15) is 9.65 Å². The summed E-state index contributed by atoms with van der Waals surface area (Å²) in [6.07, 6.45) is 1.68. The molecular weight excluding hydrogens is 403 g/mol. The van der Waals surface area contributed by atoms with Gasteiger partial charge in [0.15, 0.2) is 0 Å². The van der Waals surface area contributed by atoms with Gasteiger partial charge in [0.2, 0.25) is 0 Å². The Kier molecular flexibility index (Phi) is 5.62. The molecule has 0 aliphatic carbocycles. The zero-order valence-electron chi connectivity index (χ0n) is 17.6. The molecule has 0 amide bonds. The fourth-order valence-electron chi connectivity index (χ4n) is 4.52. The summed E-state index contributed by atoms with van der Waals surface area (Å²) in [7, 11) is 0. The number of nitriles is 1. The van der Waals surface area contributed by atoms with E-state index in [1.807, 2.05) is 48.5 Å². The molecule has 32 heavy (non-hydrogen) atoms. The summed E-state index contributed by atoms with van der Waals surface area (Å²) < 4.78 is 27.6. The van der Waals surface area contributed by atoms with Gasteiger partial charge < -0.3 is 14.0 Å². The minimum atomic E-state index is -0.287. The van der Waals surface area contributed by atoms with E-state index in [1.54, 1.807) is 12.1 Å². The van der Waals surface area contributed by atoms with Crippen molar-refractivity contribution in [2.75, 3.05) is 13.2 Å². The molecule has 0 bridgehead atoms. The molecule has 1 aliphatic rings. The molecule has 4 nitrogen and oxygen atoms in total. The molecule has 0 atom stereocenters. The predicted molar refractivity (Wildman–Crippen MR) is 122 cm³/mol. The summed E-state index contributed by atoms with van der Waals surface area (Å²) in [4.78, 5) is 0. The predicted octanol–water partition coefficient (Wildman–Crippen LogP) is 6.11. The first-order valence-electron chi connectivity index (χ1n) is 10.8. The number of rotatable bonds is 5. The van der Waals surface area contributed by atoms with Gasteiger partial charge in [0.25, 0.3) is 0 Å². The SMILES string of the molecule is N#Cc1c(C2CCOCC2)n(-c2ccc(F)cc2)c2cccc(OCc3ccccc3)c12. The minimum absolute atomic E-state index is 0.179. The fraction of sp³-hybridized carbons (Fsp3) is 0.222. The Morgan fingerprint density at radius 3 is 2.44 bits per heavy atom. The van der Waals surface area contributed by atoms with E-state index in [0.717, 1.165) is 40.7 Å². The number of hydrogen-bond acceptors (Lipinski definition) is 3. The fourth-order valence-corrected chi connectivity index (χ4v) is 4.52. The van der Waals surface area contributed by atoms with Gasteiger partial charge in [-0.05, 0) is 54.8 Å². The van der Waals surface area contributed by atoms with Crippen molar-refractivity contribution in [1.29, 1.82) is 5.26 Å². The zero-order chi connectivity index (χ0) is 21.9. The van der Waals surface area contributed by atoms with Crippen molar-refractivity contribution in [3.63, 3.8) is 0 Å². The maximum absolute atomic E-state index is 13.7. The van der Waals surface area contributed by atoms with Crippen LogP contribution in [0.1, 0.15) is 35.6 Å². The van der Waals surface area contributed by atoms with Crippen LogP contribution in [0.3, 0.4) is 0 Å². The molecule has 5 rings (SSSR count). The highest BCUT2D eigenvalue weighted by Gasteiger charge is 2.28. The Hall–Kier alpha value is -3.62. The number of nitrogens with zero attached hydrogens (tertiary/aromatic N) is 2. The second-order valence-electron chi connectivity index (χ2n) is 8.00. The topological polar surface area (TPSA) is 47.2 Å².